The van der Waals surface area contributed by atoms with E-state index < -0.39 is 0 Å². The predicted octanol–water partition coefficient (Wildman–Crippen LogP) is 5.79. The number of aromatic nitrogens is 4. The molecular formula is C24H25BrN8OS. The number of nitrogens with zero attached hydrogens (tertiary/aromatic N) is 4. The van der Waals surface area contributed by atoms with Gasteiger partial charge in [-0.15, -0.1) is 0 Å². The maximum atomic E-state index is 5.70. The molecule has 0 saturated carbocycles. The molecule has 0 atom stereocenters. The lowest BCUT2D eigenvalue weighted by molar-refractivity contribution is 0.417. The van der Waals surface area contributed by atoms with Gasteiger partial charge in [0, 0.05) is 61.0 Å². The Kier molecular flexibility index (Phi) is 6.69. The number of rotatable bonds is 7. The van der Waals surface area contributed by atoms with Crippen molar-refractivity contribution in [2.24, 2.45) is 7.05 Å². The second-order valence-corrected chi connectivity index (χ2v) is 9.36. The zero-order valence-corrected chi connectivity index (χ0v) is 21.9. The van der Waals surface area contributed by atoms with Crippen LogP contribution >= 0.6 is 27.9 Å². The molecule has 11 heteroatoms. The molecule has 0 radical (unpaired) electrons. The van der Waals surface area contributed by atoms with Gasteiger partial charge in [0.2, 0.25) is 5.95 Å². The lowest BCUT2D eigenvalue weighted by atomic mass is 10.0. The van der Waals surface area contributed by atoms with Crippen LogP contribution in [0.15, 0.2) is 53.3 Å². The van der Waals surface area contributed by atoms with Crippen molar-refractivity contribution >= 4 is 62.4 Å². The van der Waals surface area contributed by atoms with Crippen LogP contribution in [-0.2, 0) is 13.5 Å². The zero-order chi connectivity index (χ0) is 24.4. The van der Waals surface area contributed by atoms with Crippen molar-refractivity contribution in [2.75, 3.05) is 40.6 Å². The summed E-state index contributed by atoms with van der Waals surface area (Å²) in [5.41, 5.74) is 7.00. The smallest absolute Gasteiger partial charge is 0.229 e. The van der Waals surface area contributed by atoms with Gasteiger partial charge in [-0.05, 0) is 34.1 Å². The third kappa shape index (κ3) is 4.73. The van der Waals surface area contributed by atoms with E-state index in [2.05, 4.69) is 52.8 Å². The van der Waals surface area contributed by atoms with E-state index in [4.69, 9.17) is 9.72 Å². The molecule has 3 heterocycles. The summed E-state index contributed by atoms with van der Waals surface area (Å²) >= 11 is 5.09. The van der Waals surface area contributed by atoms with Gasteiger partial charge in [-0.1, -0.05) is 24.1 Å². The highest BCUT2D eigenvalue weighted by Crippen LogP contribution is 2.41. The molecule has 35 heavy (non-hydrogen) atoms. The van der Waals surface area contributed by atoms with E-state index >= 15 is 0 Å². The zero-order valence-electron chi connectivity index (χ0n) is 19.5. The summed E-state index contributed by atoms with van der Waals surface area (Å²) in [6, 6.07) is 12.0. The van der Waals surface area contributed by atoms with Gasteiger partial charge in [0.15, 0.2) is 0 Å². The van der Waals surface area contributed by atoms with E-state index in [1.54, 1.807) is 13.3 Å². The fourth-order valence-electron chi connectivity index (χ4n) is 4.07. The Hall–Kier alpha value is -3.44. The third-order valence-electron chi connectivity index (χ3n) is 5.75. The average molecular weight is 553 g/mol. The van der Waals surface area contributed by atoms with E-state index in [1.807, 2.05) is 54.5 Å². The number of hydrogen-bond donors (Lipinski definition) is 4. The molecule has 0 saturated heterocycles. The molecule has 0 fully saturated rings. The van der Waals surface area contributed by atoms with Gasteiger partial charge >= 0.3 is 0 Å². The number of benzene rings is 2. The number of para-hydroxylation sites is 2. The highest BCUT2D eigenvalue weighted by atomic mass is 79.9. The lowest BCUT2D eigenvalue weighted by Gasteiger charge is -2.17. The Morgan fingerprint density at radius 1 is 1.09 bits per heavy atom. The normalized spacial score (nSPS) is 12.1. The van der Waals surface area contributed by atoms with Gasteiger partial charge in [0.1, 0.15) is 11.6 Å². The van der Waals surface area contributed by atoms with E-state index in [1.165, 1.54) is 17.6 Å². The first-order valence-corrected chi connectivity index (χ1v) is 13.0. The highest BCUT2D eigenvalue weighted by Gasteiger charge is 2.21. The first-order chi connectivity index (χ1) is 17.1. The minimum atomic E-state index is 0.442. The Morgan fingerprint density at radius 2 is 1.91 bits per heavy atom. The van der Waals surface area contributed by atoms with Crippen LogP contribution in [0.5, 0.6) is 5.75 Å². The second-order valence-electron chi connectivity index (χ2n) is 7.90. The summed E-state index contributed by atoms with van der Waals surface area (Å²) in [6.07, 6.45) is 6.51. The van der Waals surface area contributed by atoms with E-state index in [9.17, 15) is 0 Å². The minimum Gasteiger partial charge on any atom is -0.494 e. The van der Waals surface area contributed by atoms with Crippen LogP contribution in [0.4, 0.5) is 34.5 Å². The molecule has 9 nitrogen and oxygen atoms in total. The lowest BCUT2D eigenvalue weighted by Crippen LogP contribution is -2.07. The number of aryl methyl sites for hydroxylation is 1. The third-order valence-corrected chi connectivity index (χ3v) is 6.76. The van der Waals surface area contributed by atoms with E-state index in [0.717, 1.165) is 51.3 Å². The van der Waals surface area contributed by atoms with Gasteiger partial charge in [0.25, 0.3) is 0 Å². The van der Waals surface area contributed by atoms with Crippen molar-refractivity contribution in [1.82, 2.24) is 19.7 Å². The number of halogens is 1. The van der Waals surface area contributed by atoms with Crippen molar-refractivity contribution in [3.05, 3.63) is 59.0 Å². The predicted molar refractivity (Wildman–Crippen MR) is 147 cm³/mol. The van der Waals surface area contributed by atoms with Crippen LogP contribution < -0.4 is 25.4 Å². The van der Waals surface area contributed by atoms with E-state index in [0.29, 0.717) is 17.5 Å². The number of fused-ring (bicyclic) bond motifs is 3. The molecule has 5 rings (SSSR count). The summed E-state index contributed by atoms with van der Waals surface area (Å²) in [6.45, 7) is 0.827. The monoisotopic (exact) mass is 552 g/mol. The molecule has 0 amide bonds. The molecule has 1 aliphatic heterocycles. The SMILES string of the molecule is COc1cc2c(cc1Nc1ncc(Br)c(Nc3ccccc3NSC)n1)-c1cnn(C)c1CCN2. The van der Waals surface area contributed by atoms with Crippen molar-refractivity contribution < 1.29 is 4.74 Å². The molecule has 2 aromatic heterocycles. The number of nitrogens with one attached hydrogen (secondary N) is 4. The van der Waals surface area contributed by atoms with Gasteiger partial charge in [-0.25, -0.2) is 4.98 Å². The fraction of sp³-hybridized carbons (Fsp3) is 0.208. The molecule has 4 N–H and O–H groups in total. The standard InChI is InChI=1S/C24H25BrN8OS/c1-33-21-8-9-26-19-11-22(34-2)20(10-14(19)15(21)12-28-33)30-24-27-13-16(25)23(31-24)29-17-6-4-5-7-18(17)32-35-3/h4-7,10-13,26,32H,8-9H2,1-3H3,(H2,27,29,30,31). The topological polar surface area (TPSA) is 101 Å². The largest absolute Gasteiger partial charge is 0.494 e. The molecule has 2 aromatic carbocycles. The van der Waals surface area contributed by atoms with Crippen LogP contribution in [-0.4, -0.2) is 39.7 Å². The molecule has 0 unspecified atom stereocenters. The van der Waals surface area contributed by atoms with Crippen LogP contribution in [0.3, 0.4) is 0 Å². The van der Waals surface area contributed by atoms with Gasteiger partial charge < -0.3 is 25.4 Å². The van der Waals surface area contributed by atoms with Crippen LogP contribution in [0, 0.1) is 0 Å². The summed E-state index contributed by atoms with van der Waals surface area (Å²) < 4.78 is 11.7. The number of ether oxygens (including phenoxy) is 1. The van der Waals surface area contributed by atoms with Crippen LogP contribution in [0.2, 0.25) is 0 Å². The fourth-order valence-corrected chi connectivity index (χ4v) is 4.76. The highest BCUT2D eigenvalue weighted by molar-refractivity contribution is 9.10. The van der Waals surface area contributed by atoms with Crippen LogP contribution in [0.1, 0.15) is 5.69 Å². The first-order valence-electron chi connectivity index (χ1n) is 11.0. The Morgan fingerprint density at radius 3 is 2.71 bits per heavy atom. The average Bonchev–Trinajstić information content (AvgIpc) is 3.12. The number of hydrogen-bond acceptors (Lipinski definition) is 9. The minimum absolute atomic E-state index is 0.442. The van der Waals surface area contributed by atoms with Crippen molar-refractivity contribution in [3.8, 4) is 16.9 Å². The van der Waals surface area contributed by atoms with Crippen molar-refractivity contribution in [1.29, 1.82) is 0 Å². The Bertz CT molecular complexity index is 1380. The van der Waals surface area contributed by atoms with Gasteiger partial charge in [-0.2, -0.15) is 10.1 Å². The molecule has 0 bridgehead atoms. The quantitative estimate of drug-likeness (QED) is 0.212. The molecule has 4 aromatic rings. The molecule has 0 spiro atoms. The van der Waals surface area contributed by atoms with Crippen molar-refractivity contribution in [2.45, 2.75) is 6.42 Å². The summed E-state index contributed by atoms with van der Waals surface area (Å²) in [4.78, 5) is 9.19. The molecular weight excluding hydrogens is 528 g/mol. The van der Waals surface area contributed by atoms with Gasteiger partial charge in [-0.3, -0.25) is 4.68 Å². The number of methoxy groups -OCH3 is 1. The van der Waals surface area contributed by atoms with E-state index in [-0.39, 0.29) is 0 Å². The van der Waals surface area contributed by atoms with Crippen molar-refractivity contribution in [3.63, 3.8) is 0 Å². The summed E-state index contributed by atoms with van der Waals surface area (Å²) in [5.74, 6) is 1.78. The maximum Gasteiger partial charge on any atom is 0.229 e. The summed E-state index contributed by atoms with van der Waals surface area (Å²) in [5, 5.41) is 14.7. The Labute approximate surface area is 216 Å². The number of anilines is 6. The molecule has 180 valence electrons. The maximum absolute atomic E-state index is 5.70. The summed E-state index contributed by atoms with van der Waals surface area (Å²) in [7, 11) is 3.63. The molecule has 0 aliphatic carbocycles. The van der Waals surface area contributed by atoms with Gasteiger partial charge in [0.05, 0.1) is 34.8 Å². The molecule has 1 aliphatic rings. The second kappa shape index (κ2) is 10.0. The first kappa shape index (κ1) is 23.3. The Balaban J connectivity index is 1.49. The van der Waals surface area contributed by atoms with Crippen LogP contribution in [0.25, 0.3) is 11.1 Å².